The molecule has 0 atom stereocenters. The third-order valence-electron chi connectivity index (χ3n) is 4.03. The predicted molar refractivity (Wildman–Crippen MR) is 91.3 cm³/mol. The van der Waals surface area contributed by atoms with Crippen molar-refractivity contribution in [3.05, 3.63) is 39.0 Å². The van der Waals surface area contributed by atoms with E-state index in [0.29, 0.717) is 17.4 Å². The average Bonchev–Trinajstić information content (AvgIpc) is 2.92. The summed E-state index contributed by atoms with van der Waals surface area (Å²) in [6, 6.07) is 2.03. The number of anilines is 2. The Labute approximate surface area is 138 Å². The van der Waals surface area contributed by atoms with Crippen LogP contribution in [0.15, 0.2) is 17.6 Å². The summed E-state index contributed by atoms with van der Waals surface area (Å²) in [5.74, 6) is 0.485. The van der Waals surface area contributed by atoms with Crippen LogP contribution in [0.2, 0.25) is 0 Å². The molecule has 7 nitrogen and oxygen atoms in total. The second-order valence-electron chi connectivity index (χ2n) is 5.76. The molecule has 0 saturated carbocycles. The van der Waals surface area contributed by atoms with Gasteiger partial charge < -0.3 is 10.2 Å². The van der Waals surface area contributed by atoms with Crippen molar-refractivity contribution >= 4 is 28.0 Å². The maximum atomic E-state index is 11.3. The van der Waals surface area contributed by atoms with Gasteiger partial charge in [-0.3, -0.25) is 10.1 Å². The molecule has 1 aliphatic heterocycles. The SMILES string of the molecule is Cc1csc(NC2CCN(c3nccc(C)c3[N+](=O)[O-])CC2)n1. The van der Waals surface area contributed by atoms with E-state index in [1.165, 1.54) is 0 Å². The molecule has 0 amide bonds. The fourth-order valence-corrected chi connectivity index (χ4v) is 3.59. The first-order chi connectivity index (χ1) is 11.0. The number of hydrogen-bond donors (Lipinski definition) is 1. The van der Waals surface area contributed by atoms with Gasteiger partial charge in [0, 0.05) is 36.3 Å². The van der Waals surface area contributed by atoms with Crippen LogP contribution in [0.3, 0.4) is 0 Å². The summed E-state index contributed by atoms with van der Waals surface area (Å²) in [4.78, 5) is 21.7. The van der Waals surface area contributed by atoms with E-state index in [1.807, 2.05) is 17.2 Å². The summed E-state index contributed by atoms with van der Waals surface area (Å²) >= 11 is 1.61. The van der Waals surface area contributed by atoms with Crippen LogP contribution in [-0.4, -0.2) is 34.0 Å². The highest BCUT2D eigenvalue weighted by Crippen LogP contribution is 2.31. The molecule has 2 aromatic heterocycles. The number of nitrogens with zero attached hydrogens (tertiary/aromatic N) is 4. The van der Waals surface area contributed by atoms with Gasteiger partial charge in [0.2, 0.25) is 5.82 Å². The minimum Gasteiger partial charge on any atom is -0.359 e. The van der Waals surface area contributed by atoms with Crippen LogP contribution in [-0.2, 0) is 0 Å². The maximum absolute atomic E-state index is 11.3. The summed E-state index contributed by atoms with van der Waals surface area (Å²) in [6.07, 6.45) is 3.46. The van der Waals surface area contributed by atoms with Gasteiger partial charge in [-0.25, -0.2) is 9.97 Å². The highest BCUT2D eigenvalue weighted by molar-refractivity contribution is 7.13. The fraction of sp³-hybridized carbons (Fsp3) is 0.467. The highest BCUT2D eigenvalue weighted by Gasteiger charge is 2.27. The minimum atomic E-state index is -0.333. The Morgan fingerprint density at radius 1 is 1.39 bits per heavy atom. The molecular weight excluding hydrogens is 314 g/mol. The number of nitrogens with one attached hydrogen (secondary N) is 1. The monoisotopic (exact) mass is 333 g/mol. The van der Waals surface area contributed by atoms with Crippen molar-refractivity contribution in [3.8, 4) is 0 Å². The zero-order valence-corrected chi connectivity index (χ0v) is 14.0. The molecule has 1 aliphatic rings. The van der Waals surface area contributed by atoms with Gasteiger partial charge >= 0.3 is 5.69 Å². The van der Waals surface area contributed by atoms with Crippen molar-refractivity contribution in [1.29, 1.82) is 0 Å². The lowest BCUT2D eigenvalue weighted by Gasteiger charge is -2.32. The van der Waals surface area contributed by atoms with Gasteiger partial charge in [0.05, 0.1) is 10.6 Å². The molecule has 0 radical (unpaired) electrons. The van der Waals surface area contributed by atoms with Crippen molar-refractivity contribution in [3.63, 3.8) is 0 Å². The fourth-order valence-electron chi connectivity index (χ4n) is 2.82. The Balaban J connectivity index is 1.67. The van der Waals surface area contributed by atoms with Crippen molar-refractivity contribution in [1.82, 2.24) is 9.97 Å². The first-order valence-electron chi connectivity index (χ1n) is 7.58. The van der Waals surface area contributed by atoms with E-state index in [0.717, 1.165) is 36.8 Å². The molecule has 23 heavy (non-hydrogen) atoms. The molecule has 8 heteroatoms. The van der Waals surface area contributed by atoms with Crippen LogP contribution in [0.1, 0.15) is 24.1 Å². The Morgan fingerprint density at radius 3 is 2.74 bits per heavy atom. The average molecular weight is 333 g/mol. The summed E-state index contributed by atoms with van der Waals surface area (Å²) in [5.41, 5.74) is 1.79. The molecule has 1 N–H and O–H groups in total. The third kappa shape index (κ3) is 3.42. The number of aromatic nitrogens is 2. The van der Waals surface area contributed by atoms with Gasteiger partial charge in [-0.15, -0.1) is 11.3 Å². The molecule has 0 bridgehead atoms. The quantitative estimate of drug-likeness (QED) is 0.683. The van der Waals surface area contributed by atoms with E-state index in [9.17, 15) is 10.1 Å². The van der Waals surface area contributed by atoms with Crippen molar-refractivity contribution in [2.45, 2.75) is 32.7 Å². The summed E-state index contributed by atoms with van der Waals surface area (Å²) in [7, 11) is 0. The van der Waals surface area contributed by atoms with Gasteiger partial charge in [0.15, 0.2) is 5.13 Å². The van der Waals surface area contributed by atoms with Crippen LogP contribution < -0.4 is 10.2 Å². The number of nitro groups is 1. The van der Waals surface area contributed by atoms with Gasteiger partial charge in [-0.2, -0.15) is 0 Å². The first kappa shape index (κ1) is 15.7. The summed E-state index contributed by atoms with van der Waals surface area (Å²) < 4.78 is 0. The molecule has 1 saturated heterocycles. The Morgan fingerprint density at radius 2 is 2.13 bits per heavy atom. The lowest BCUT2D eigenvalue weighted by atomic mass is 10.0. The van der Waals surface area contributed by atoms with E-state index in [-0.39, 0.29) is 10.6 Å². The van der Waals surface area contributed by atoms with Gasteiger partial charge in [0.25, 0.3) is 0 Å². The van der Waals surface area contributed by atoms with E-state index in [1.54, 1.807) is 30.5 Å². The molecular formula is C15H19N5O2S. The lowest BCUT2D eigenvalue weighted by molar-refractivity contribution is -0.384. The molecule has 3 heterocycles. The largest absolute Gasteiger partial charge is 0.359 e. The van der Waals surface area contributed by atoms with Crippen molar-refractivity contribution < 1.29 is 4.92 Å². The van der Waals surface area contributed by atoms with Crippen LogP contribution in [0.25, 0.3) is 0 Å². The second-order valence-corrected chi connectivity index (χ2v) is 6.61. The molecule has 0 aliphatic carbocycles. The van der Waals surface area contributed by atoms with Crippen molar-refractivity contribution in [2.24, 2.45) is 0 Å². The highest BCUT2D eigenvalue weighted by atomic mass is 32.1. The predicted octanol–water partition coefficient (Wildman–Crippen LogP) is 3.14. The van der Waals surface area contributed by atoms with E-state index >= 15 is 0 Å². The molecule has 3 rings (SSSR count). The van der Waals surface area contributed by atoms with E-state index < -0.39 is 0 Å². The molecule has 0 unspecified atom stereocenters. The van der Waals surface area contributed by atoms with Crippen molar-refractivity contribution in [2.75, 3.05) is 23.3 Å². The van der Waals surface area contributed by atoms with Crippen LogP contribution in [0, 0.1) is 24.0 Å². The number of rotatable bonds is 4. The molecule has 2 aromatic rings. The zero-order valence-electron chi connectivity index (χ0n) is 13.2. The number of thiazole rings is 1. The molecule has 1 fully saturated rings. The maximum Gasteiger partial charge on any atom is 0.314 e. The number of aryl methyl sites for hydroxylation is 2. The number of pyridine rings is 1. The summed E-state index contributed by atoms with van der Waals surface area (Å²) in [5, 5.41) is 17.7. The Kier molecular flexibility index (Phi) is 4.42. The number of hydrogen-bond acceptors (Lipinski definition) is 7. The second kappa shape index (κ2) is 6.49. The Bertz CT molecular complexity index is 710. The van der Waals surface area contributed by atoms with Gasteiger partial charge in [-0.05, 0) is 32.8 Å². The zero-order chi connectivity index (χ0) is 16.4. The first-order valence-corrected chi connectivity index (χ1v) is 8.46. The van der Waals surface area contributed by atoms with Gasteiger partial charge in [-0.1, -0.05) is 0 Å². The van der Waals surface area contributed by atoms with Crippen LogP contribution in [0.5, 0.6) is 0 Å². The minimum absolute atomic E-state index is 0.120. The lowest BCUT2D eigenvalue weighted by Crippen LogP contribution is -2.39. The summed E-state index contributed by atoms with van der Waals surface area (Å²) in [6.45, 7) is 5.23. The standard InChI is InChI=1S/C15H19N5O2S/c1-10-3-6-16-14(13(10)20(21)22)19-7-4-12(5-8-19)18-15-17-11(2)9-23-15/h3,6,9,12H,4-5,7-8H2,1-2H3,(H,17,18). The molecule has 0 spiro atoms. The third-order valence-corrected chi connectivity index (χ3v) is 4.92. The van der Waals surface area contributed by atoms with E-state index in [2.05, 4.69) is 15.3 Å². The normalized spacial score (nSPS) is 15.7. The van der Waals surface area contributed by atoms with E-state index in [4.69, 9.17) is 0 Å². The number of piperidine rings is 1. The van der Waals surface area contributed by atoms with Crippen LogP contribution in [0.4, 0.5) is 16.6 Å². The topological polar surface area (TPSA) is 84.2 Å². The molecule has 122 valence electrons. The smallest absolute Gasteiger partial charge is 0.314 e. The molecule has 0 aromatic carbocycles. The Hall–Kier alpha value is -2.22. The van der Waals surface area contributed by atoms with Crippen LogP contribution >= 0.6 is 11.3 Å². The van der Waals surface area contributed by atoms with Gasteiger partial charge in [0.1, 0.15) is 0 Å².